The van der Waals surface area contributed by atoms with Crippen LogP contribution < -0.4 is 0 Å². The van der Waals surface area contributed by atoms with Crippen molar-refractivity contribution in [3.8, 4) is 0 Å². The first-order chi connectivity index (χ1) is 6.93. The third-order valence-electron chi connectivity index (χ3n) is 3.16. The number of aryl methyl sites for hydroxylation is 2. The number of hydrogen-bond acceptors (Lipinski definition) is 0. The van der Waals surface area contributed by atoms with E-state index in [1.165, 1.54) is 36.8 Å². The van der Waals surface area contributed by atoms with Gasteiger partial charge in [-0.1, -0.05) is 30.4 Å². The molecular weight excluding hydrogens is 168 g/mol. The van der Waals surface area contributed by atoms with Gasteiger partial charge < -0.3 is 0 Å². The Morgan fingerprint density at radius 1 is 0.714 bits per heavy atom. The Hall–Kier alpha value is -1.30. The molecule has 0 heterocycles. The smallest absolute Gasteiger partial charge is 0.0221 e. The van der Waals surface area contributed by atoms with Crippen LogP contribution in [0.5, 0.6) is 0 Å². The minimum Gasteiger partial charge on any atom is -0.0836 e. The van der Waals surface area contributed by atoms with Crippen LogP contribution in [-0.2, 0) is 12.8 Å². The quantitative estimate of drug-likeness (QED) is 0.575. The van der Waals surface area contributed by atoms with Gasteiger partial charge in [0, 0.05) is 0 Å². The van der Waals surface area contributed by atoms with Crippen LogP contribution >= 0.6 is 0 Å². The van der Waals surface area contributed by atoms with Crippen LogP contribution in [0.4, 0.5) is 0 Å². The highest BCUT2D eigenvalue weighted by atomic mass is 14.1. The molecule has 0 aromatic heterocycles. The zero-order chi connectivity index (χ0) is 9.38. The summed E-state index contributed by atoms with van der Waals surface area (Å²) >= 11 is 0. The third kappa shape index (κ3) is 1.22. The molecule has 0 bridgehead atoms. The lowest BCUT2D eigenvalue weighted by atomic mass is 9.88. The van der Waals surface area contributed by atoms with Crippen molar-refractivity contribution < 1.29 is 0 Å². The molecule has 2 aliphatic carbocycles. The van der Waals surface area contributed by atoms with Gasteiger partial charge in [0.1, 0.15) is 0 Å². The fourth-order valence-electron chi connectivity index (χ4n) is 2.37. The summed E-state index contributed by atoms with van der Waals surface area (Å²) in [6.45, 7) is 0. The van der Waals surface area contributed by atoms with Gasteiger partial charge in [0.2, 0.25) is 0 Å². The van der Waals surface area contributed by atoms with Crippen molar-refractivity contribution in [1.29, 1.82) is 0 Å². The van der Waals surface area contributed by atoms with Crippen LogP contribution in [0.25, 0.3) is 12.2 Å². The van der Waals surface area contributed by atoms with E-state index in [1.54, 1.807) is 11.1 Å². The second kappa shape index (κ2) is 3.13. The molecule has 2 aliphatic rings. The van der Waals surface area contributed by atoms with Gasteiger partial charge >= 0.3 is 0 Å². The first kappa shape index (κ1) is 8.05. The SMILES string of the molecule is C1=Cc2cc3c(cc2CC1)CCC=C3. The van der Waals surface area contributed by atoms with Crippen molar-refractivity contribution in [2.45, 2.75) is 25.7 Å². The molecule has 0 saturated carbocycles. The van der Waals surface area contributed by atoms with E-state index < -0.39 is 0 Å². The number of benzene rings is 1. The predicted molar refractivity (Wildman–Crippen MR) is 61.2 cm³/mol. The Kier molecular flexibility index (Phi) is 1.80. The van der Waals surface area contributed by atoms with Crippen LogP contribution in [0.2, 0.25) is 0 Å². The van der Waals surface area contributed by atoms with Crippen molar-refractivity contribution in [1.82, 2.24) is 0 Å². The third-order valence-corrected chi connectivity index (χ3v) is 3.16. The molecule has 70 valence electrons. The predicted octanol–water partition coefficient (Wildman–Crippen LogP) is 3.61. The largest absolute Gasteiger partial charge is 0.0836 e. The molecule has 0 N–H and O–H groups in total. The van der Waals surface area contributed by atoms with E-state index in [2.05, 4.69) is 36.4 Å². The Morgan fingerprint density at radius 2 is 1.29 bits per heavy atom. The van der Waals surface area contributed by atoms with E-state index in [-0.39, 0.29) is 0 Å². The van der Waals surface area contributed by atoms with Crippen LogP contribution in [-0.4, -0.2) is 0 Å². The summed E-state index contributed by atoms with van der Waals surface area (Å²) in [7, 11) is 0. The maximum atomic E-state index is 2.41. The zero-order valence-electron chi connectivity index (χ0n) is 8.29. The molecule has 0 aliphatic heterocycles. The van der Waals surface area contributed by atoms with Crippen LogP contribution in [0.3, 0.4) is 0 Å². The molecule has 1 aromatic rings. The van der Waals surface area contributed by atoms with Crippen molar-refractivity contribution in [3.05, 3.63) is 46.5 Å². The summed E-state index contributed by atoms with van der Waals surface area (Å²) < 4.78 is 0. The van der Waals surface area contributed by atoms with Gasteiger partial charge in [-0.05, 0) is 54.0 Å². The summed E-state index contributed by atoms with van der Waals surface area (Å²) in [6, 6.07) is 4.76. The first-order valence-electron chi connectivity index (χ1n) is 5.42. The van der Waals surface area contributed by atoms with Crippen LogP contribution in [0, 0.1) is 0 Å². The van der Waals surface area contributed by atoms with Gasteiger partial charge in [-0.15, -0.1) is 0 Å². The summed E-state index contributed by atoms with van der Waals surface area (Å²) in [6.07, 6.45) is 14.0. The second-order valence-electron chi connectivity index (χ2n) is 4.13. The highest BCUT2D eigenvalue weighted by molar-refractivity contribution is 5.66. The monoisotopic (exact) mass is 182 g/mol. The van der Waals surface area contributed by atoms with Crippen molar-refractivity contribution >= 4 is 12.2 Å². The van der Waals surface area contributed by atoms with Crippen molar-refractivity contribution in [2.24, 2.45) is 0 Å². The normalized spacial score (nSPS) is 17.7. The molecule has 0 nitrogen and oxygen atoms in total. The Labute approximate surface area is 85.0 Å². The molecule has 0 unspecified atom stereocenters. The minimum atomic E-state index is 1.21. The highest BCUT2D eigenvalue weighted by Crippen LogP contribution is 2.27. The van der Waals surface area contributed by atoms with E-state index in [0.717, 1.165) is 0 Å². The molecule has 1 aromatic carbocycles. The molecule has 0 heteroatoms. The molecular formula is C14H14. The van der Waals surface area contributed by atoms with Gasteiger partial charge in [0.15, 0.2) is 0 Å². The van der Waals surface area contributed by atoms with E-state index in [0.29, 0.717) is 0 Å². The van der Waals surface area contributed by atoms with Gasteiger partial charge in [0.05, 0.1) is 0 Å². The summed E-state index contributed by atoms with van der Waals surface area (Å²) in [5, 5.41) is 0. The molecule has 3 rings (SSSR count). The van der Waals surface area contributed by atoms with Gasteiger partial charge in [-0.25, -0.2) is 0 Å². The maximum absolute atomic E-state index is 2.41. The van der Waals surface area contributed by atoms with E-state index >= 15 is 0 Å². The number of fused-ring (bicyclic) bond motifs is 2. The number of allylic oxidation sites excluding steroid dienone is 2. The Bertz CT molecular complexity index is 385. The van der Waals surface area contributed by atoms with Crippen LogP contribution in [0.15, 0.2) is 24.3 Å². The maximum Gasteiger partial charge on any atom is -0.0221 e. The number of rotatable bonds is 0. The minimum absolute atomic E-state index is 1.21. The average molecular weight is 182 g/mol. The van der Waals surface area contributed by atoms with Gasteiger partial charge in [0.25, 0.3) is 0 Å². The molecule has 14 heavy (non-hydrogen) atoms. The second-order valence-corrected chi connectivity index (χ2v) is 4.13. The first-order valence-corrected chi connectivity index (χ1v) is 5.42. The molecule has 0 spiro atoms. The molecule has 0 amide bonds. The van der Waals surface area contributed by atoms with E-state index in [4.69, 9.17) is 0 Å². The number of hydrogen-bond donors (Lipinski definition) is 0. The molecule has 0 fully saturated rings. The van der Waals surface area contributed by atoms with Crippen molar-refractivity contribution in [2.75, 3.05) is 0 Å². The zero-order valence-corrected chi connectivity index (χ0v) is 8.29. The van der Waals surface area contributed by atoms with Crippen LogP contribution in [0.1, 0.15) is 35.1 Å². The molecule has 0 atom stereocenters. The summed E-state index contributed by atoms with van der Waals surface area (Å²) in [5.41, 5.74) is 5.95. The van der Waals surface area contributed by atoms with E-state index in [9.17, 15) is 0 Å². The lowest BCUT2D eigenvalue weighted by Gasteiger charge is -2.17. The lowest BCUT2D eigenvalue weighted by Crippen LogP contribution is -2.00. The van der Waals surface area contributed by atoms with E-state index in [1.807, 2.05) is 0 Å². The Morgan fingerprint density at radius 3 is 1.86 bits per heavy atom. The Balaban J connectivity index is 2.18. The average Bonchev–Trinajstić information content (AvgIpc) is 2.26. The highest BCUT2D eigenvalue weighted by Gasteiger charge is 2.10. The topological polar surface area (TPSA) is 0 Å². The lowest BCUT2D eigenvalue weighted by molar-refractivity contribution is 0.946. The van der Waals surface area contributed by atoms with Gasteiger partial charge in [-0.2, -0.15) is 0 Å². The molecule has 0 saturated heterocycles. The fraction of sp³-hybridized carbons (Fsp3) is 0.286. The summed E-state index contributed by atoms with van der Waals surface area (Å²) in [5.74, 6) is 0. The van der Waals surface area contributed by atoms with Gasteiger partial charge in [-0.3, -0.25) is 0 Å². The fourth-order valence-corrected chi connectivity index (χ4v) is 2.37. The molecule has 0 radical (unpaired) electrons. The van der Waals surface area contributed by atoms with Crippen molar-refractivity contribution in [3.63, 3.8) is 0 Å². The summed E-state index contributed by atoms with van der Waals surface area (Å²) in [4.78, 5) is 0. The standard InChI is InChI=1S/C14H14/c1-2-6-12-10-14-8-4-3-7-13(14)9-11(12)5-1/h1,3,5,7,9-10H,2,4,6,8H2.